The molecule has 1 rings (SSSR count). The third-order valence-corrected chi connectivity index (χ3v) is 2.37. The summed E-state index contributed by atoms with van der Waals surface area (Å²) in [5.74, 6) is -0.877. The summed E-state index contributed by atoms with van der Waals surface area (Å²) in [6, 6.07) is -0.706. The molecule has 9 nitrogen and oxygen atoms in total. The topological polar surface area (TPSA) is 126 Å². The van der Waals surface area contributed by atoms with E-state index in [1.165, 1.54) is 6.33 Å². The van der Waals surface area contributed by atoms with Crippen molar-refractivity contribution < 1.29 is 19.4 Å². The van der Waals surface area contributed by atoms with E-state index in [0.29, 0.717) is 0 Å². The average molecular weight is 332 g/mol. The van der Waals surface area contributed by atoms with Crippen molar-refractivity contribution in [3.05, 3.63) is 11.6 Å². The van der Waals surface area contributed by atoms with Crippen molar-refractivity contribution in [1.29, 1.82) is 0 Å². The Bertz CT molecular complexity index is 534. The lowest BCUT2D eigenvalue weighted by Crippen LogP contribution is -2.43. The Morgan fingerprint density at radius 3 is 2.64 bits per heavy atom. The van der Waals surface area contributed by atoms with Crippen LogP contribution in [0.25, 0.3) is 0 Å². The molecule has 1 heterocycles. The molecule has 0 bridgehead atoms. The predicted octanol–water partition coefficient (Wildman–Crippen LogP) is 1.30. The maximum atomic E-state index is 11.7. The number of hydrogen-bond donors (Lipinski definition) is 3. The second-order valence-electron chi connectivity index (χ2n) is 5.40. The van der Waals surface area contributed by atoms with Crippen molar-refractivity contribution in [1.82, 2.24) is 20.3 Å². The average Bonchev–Trinajstić information content (AvgIpc) is 2.33. The highest BCUT2D eigenvalue weighted by Crippen LogP contribution is 2.08. The normalized spacial score (nSPS) is 12.4. The van der Waals surface area contributed by atoms with E-state index in [1.54, 1.807) is 20.8 Å². The van der Waals surface area contributed by atoms with Crippen LogP contribution < -0.4 is 10.6 Å². The van der Waals surface area contributed by atoms with Gasteiger partial charge in [-0.1, -0.05) is 0 Å². The molecule has 0 aliphatic heterocycles. The zero-order valence-corrected chi connectivity index (χ0v) is 13.2. The number of nitrogens with one attached hydrogen (secondary N) is 2. The van der Waals surface area contributed by atoms with Gasteiger partial charge in [0.2, 0.25) is 11.2 Å². The minimum atomic E-state index is -1.06. The molecule has 0 aromatic carbocycles. The standard InChI is InChI=1S/C12H18ClN5O4/c1-12(2,3)22-11(21)17-7(4-8(19)20)5-14-10-16-6-15-9(13)18-10/h6-7H,4-5H2,1-3H3,(H,17,21)(H,19,20)(H,14,15,16,18). The van der Waals surface area contributed by atoms with Crippen LogP contribution in [0.4, 0.5) is 10.7 Å². The molecule has 10 heteroatoms. The van der Waals surface area contributed by atoms with Crippen molar-refractivity contribution in [2.45, 2.75) is 38.8 Å². The molecule has 0 saturated carbocycles. The summed E-state index contributed by atoms with van der Waals surface area (Å²) in [6.07, 6.45) is 0.227. The van der Waals surface area contributed by atoms with Crippen LogP contribution in [0.1, 0.15) is 27.2 Å². The van der Waals surface area contributed by atoms with E-state index in [9.17, 15) is 9.59 Å². The number of nitrogens with zero attached hydrogens (tertiary/aromatic N) is 3. The SMILES string of the molecule is CC(C)(C)OC(=O)NC(CNc1ncnc(Cl)n1)CC(=O)O. The zero-order valence-electron chi connectivity index (χ0n) is 12.5. The van der Waals surface area contributed by atoms with Crippen molar-refractivity contribution >= 4 is 29.6 Å². The van der Waals surface area contributed by atoms with Gasteiger partial charge in [0.05, 0.1) is 12.5 Å². The molecule has 1 aromatic heterocycles. The third kappa shape index (κ3) is 7.58. The third-order valence-electron chi connectivity index (χ3n) is 2.19. The Morgan fingerprint density at radius 1 is 1.41 bits per heavy atom. The summed E-state index contributed by atoms with van der Waals surface area (Å²) in [7, 11) is 0. The lowest BCUT2D eigenvalue weighted by molar-refractivity contribution is -0.137. The van der Waals surface area contributed by atoms with Gasteiger partial charge in [-0.15, -0.1) is 0 Å². The number of hydrogen-bond acceptors (Lipinski definition) is 7. The van der Waals surface area contributed by atoms with E-state index in [2.05, 4.69) is 25.6 Å². The number of carboxylic acids is 1. The van der Waals surface area contributed by atoms with Crippen molar-refractivity contribution in [3.63, 3.8) is 0 Å². The van der Waals surface area contributed by atoms with Crippen molar-refractivity contribution in [3.8, 4) is 0 Å². The number of carbonyl (C=O) groups is 2. The number of anilines is 1. The number of carbonyl (C=O) groups excluding carboxylic acids is 1. The van der Waals surface area contributed by atoms with Gasteiger partial charge in [-0.05, 0) is 32.4 Å². The first-order chi connectivity index (χ1) is 10.2. The highest BCUT2D eigenvalue weighted by Gasteiger charge is 2.21. The van der Waals surface area contributed by atoms with Crippen LogP contribution >= 0.6 is 11.6 Å². The molecule has 1 atom stereocenters. The smallest absolute Gasteiger partial charge is 0.407 e. The maximum absolute atomic E-state index is 11.7. The first kappa shape index (κ1) is 17.9. The van der Waals surface area contributed by atoms with E-state index < -0.39 is 23.7 Å². The van der Waals surface area contributed by atoms with Gasteiger partial charge in [0.1, 0.15) is 11.9 Å². The molecule has 122 valence electrons. The molecule has 22 heavy (non-hydrogen) atoms. The number of rotatable bonds is 6. The fourth-order valence-corrected chi connectivity index (χ4v) is 1.56. The fraction of sp³-hybridized carbons (Fsp3) is 0.583. The summed E-state index contributed by atoms with van der Waals surface area (Å²) in [4.78, 5) is 33.8. The maximum Gasteiger partial charge on any atom is 0.407 e. The molecule has 1 aromatic rings. The largest absolute Gasteiger partial charge is 0.481 e. The van der Waals surface area contributed by atoms with Gasteiger partial charge >= 0.3 is 12.1 Å². The first-order valence-electron chi connectivity index (χ1n) is 6.45. The van der Waals surface area contributed by atoms with Crippen LogP contribution in [0, 0.1) is 0 Å². The molecule has 0 fully saturated rings. The molecule has 0 aliphatic carbocycles. The van der Waals surface area contributed by atoms with E-state index in [1.807, 2.05) is 0 Å². The number of carboxylic acid groups (broad SMARTS) is 1. The van der Waals surface area contributed by atoms with Crippen molar-refractivity contribution in [2.24, 2.45) is 0 Å². The highest BCUT2D eigenvalue weighted by molar-refractivity contribution is 6.28. The number of amides is 1. The molecular formula is C12H18ClN5O4. The summed E-state index contributed by atoms with van der Waals surface area (Å²) in [5.41, 5.74) is -0.674. The molecule has 0 saturated heterocycles. The van der Waals surface area contributed by atoms with Gasteiger partial charge in [0, 0.05) is 6.54 Å². The lowest BCUT2D eigenvalue weighted by atomic mass is 10.2. The van der Waals surface area contributed by atoms with E-state index in [4.69, 9.17) is 21.4 Å². The van der Waals surface area contributed by atoms with Crippen LogP contribution in [0.2, 0.25) is 5.28 Å². The number of halogens is 1. The molecule has 0 aliphatic rings. The summed E-state index contributed by atoms with van der Waals surface area (Å²) < 4.78 is 5.09. The van der Waals surface area contributed by atoms with Gasteiger partial charge in [-0.2, -0.15) is 4.98 Å². The Balaban J connectivity index is 2.60. The van der Waals surface area contributed by atoms with Crippen LogP contribution in [0.5, 0.6) is 0 Å². The number of alkyl carbamates (subject to hydrolysis) is 1. The summed E-state index contributed by atoms with van der Waals surface area (Å²) in [5, 5.41) is 14.2. The minimum absolute atomic E-state index is 0.00684. The van der Waals surface area contributed by atoms with Crippen molar-refractivity contribution in [2.75, 3.05) is 11.9 Å². The van der Waals surface area contributed by atoms with Crippen LogP contribution in [-0.4, -0.2) is 50.3 Å². The monoisotopic (exact) mass is 331 g/mol. The second kappa shape index (κ2) is 7.74. The molecule has 1 unspecified atom stereocenters. The number of aromatic nitrogens is 3. The number of aliphatic carboxylic acids is 1. The van der Waals surface area contributed by atoms with Crippen LogP contribution in [-0.2, 0) is 9.53 Å². The Labute approximate surface area is 132 Å². The molecule has 0 spiro atoms. The van der Waals surface area contributed by atoms with Gasteiger partial charge in [-0.3, -0.25) is 4.79 Å². The number of ether oxygens (including phenoxy) is 1. The Morgan fingerprint density at radius 2 is 2.09 bits per heavy atom. The molecular weight excluding hydrogens is 314 g/mol. The zero-order chi connectivity index (χ0) is 16.8. The quantitative estimate of drug-likeness (QED) is 0.712. The second-order valence-corrected chi connectivity index (χ2v) is 5.74. The van der Waals surface area contributed by atoms with Gasteiger partial charge < -0.3 is 20.5 Å². The van der Waals surface area contributed by atoms with Gasteiger partial charge in [0.25, 0.3) is 0 Å². The van der Waals surface area contributed by atoms with E-state index >= 15 is 0 Å². The Hall–Kier alpha value is -2.16. The fourth-order valence-electron chi connectivity index (χ4n) is 1.44. The van der Waals surface area contributed by atoms with E-state index in [-0.39, 0.29) is 24.2 Å². The first-order valence-corrected chi connectivity index (χ1v) is 6.83. The molecule has 0 radical (unpaired) electrons. The Kier molecular flexibility index (Phi) is 6.29. The van der Waals surface area contributed by atoms with Crippen LogP contribution in [0.3, 0.4) is 0 Å². The lowest BCUT2D eigenvalue weighted by Gasteiger charge is -2.23. The van der Waals surface area contributed by atoms with Gasteiger partial charge in [0.15, 0.2) is 0 Å². The minimum Gasteiger partial charge on any atom is -0.481 e. The summed E-state index contributed by atoms with van der Waals surface area (Å²) in [6.45, 7) is 5.23. The van der Waals surface area contributed by atoms with Crippen LogP contribution in [0.15, 0.2) is 6.33 Å². The predicted molar refractivity (Wildman–Crippen MR) is 78.7 cm³/mol. The summed E-state index contributed by atoms with van der Waals surface area (Å²) >= 11 is 5.62. The van der Waals surface area contributed by atoms with Gasteiger partial charge in [-0.25, -0.2) is 14.8 Å². The molecule has 3 N–H and O–H groups in total. The molecule has 1 amide bonds. The highest BCUT2D eigenvalue weighted by atomic mass is 35.5. The van der Waals surface area contributed by atoms with E-state index in [0.717, 1.165) is 0 Å².